The van der Waals surface area contributed by atoms with Gasteiger partial charge in [0.05, 0.1) is 5.69 Å². The molecule has 1 aromatic heterocycles. The van der Waals surface area contributed by atoms with E-state index in [1.54, 1.807) is 25.3 Å². The zero-order valence-electron chi connectivity index (χ0n) is 9.34. The average molecular weight is 224 g/mol. The van der Waals surface area contributed by atoms with Crippen molar-refractivity contribution in [2.45, 2.75) is 26.1 Å². The quantitative estimate of drug-likeness (QED) is 0.668. The van der Waals surface area contributed by atoms with Crippen molar-refractivity contribution in [1.82, 2.24) is 10.3 Å². The number of nitrogens with zero attached hydrogens (tertiary/aromatic N) is 1. The molecule has 0 aliphatic heterocycles. The van der Waals surface area contributed by atoms with Crippen molar-refractivity contribution in [2.24, 2.45) is 0 Å². The summed E-state index contributed by atoms with van der Waals surface area (Å²) in [5, 5.41) is 21.9. The molecule has 2 atom stereocenters. The Balaban J connectivity index is 2.66. The van der Waals surface area contributed by atoms with E-state index >= 15 is 0 Å². The normalized spacial score (nSPS) is 14.2. The SMILES string of the molecule is CC(=O)NCC(O)C(O)c1ncccc1C. The third-order valence-corrected chi connectivity index (χ3v) is 2.25. The predicted molar refractivity (Wildman–Crippen MR) is 58.6 cm³/mol. The number of aryl methyl sites for hydroxylation is 1. The highest BCUT2D eigenvalue weighted by molar-refractivity contribution is 5.72. The molecule has 0 fully saturated rings. The average Bonchev–Trinajstić information content (AvgIpc) is 2.25. The van der Waals surface area contributed by atoms with Gasteiger partial charge in [-0.05, 0) is 18.6 Å². The van der Waals surface area contributed by atoms with E-state index in [1.807, 2.05) is 0 Å². The first-order valence-electron chi connectivity index (χ1n) is 5.04. The fourth-order valence-electron chi connectivity index (χ4n) is 1.35. The molecule has 0 aliphatic carbocycles. The van der Waals surface area contributed by atoms with Crippen LogP contribution in [0.5, 0.6) is 0 Å². The summed E-state index contributed by atoms with van der Waals surface area (Å²) >= 11 is 0. The Bertz CT molecular complexity index is 368. The minimum Gasteiger partial charge on any atom is -0.388 e. The van der Waals surface area contributed by atoms with Crippen molar-refractivity contribution in [2.75, 3.05) is 6.54 Å². The molecule has 1 amide bonds. The van der Waals surface area contributed by atoms with Crippen LogP contribution in [0.15, 0.2) is 18.3 Å². The number of amides is 1. The lowest BCUT2D eigenvalue weighted by Crippen LogP contribution is -2.34. The fraction of sp³-hybridized carbons (Fsp3) is 0.455. The van der Waals surface area contributed by atoms with Gasteiger partial charge in [0.25, 0.3) is 0 Å². The van der Waals surface area contributed by atoms with Crippen molar-refractivity contribution in [3.05, 3.63) is 29.6 Å². The van der Waals surface area contributed by atoms with Gasteiger partial charge in [-0.25, -0.2) is 0 Å². The molecule has 0 saturated heterocycles. The molecule has 1 heterocycles. The van der Waals surface area contributed by atoms with Crippen LogP contribution in [0.3, 0.4) is 0 Å². The third-order valence-electron chi connectivity index (χ3n) is 2.25. The Morgan fingerprint density at radius 3 is 2.81 bits per heavy atom. The first-order valence-corrected chi connectivity index (χ1v) is 5.04. The second-order valence-corrected chi connectivity index (χ2v) is 3.65. The summed E-state index contributed by atoms with van der Waals surface area (Å²) in [7, 11) is 0. The number of aliphatic hydroxyl groups is 2. The van der Waals surface area contributed by atoms with Crippen LogP contribution in [0, 0.1) is 6.92 Å². The van der Waals surface area contributed by atoms with E-state index in [0.717, 1.165) is 5.56 Å². The Morgan fingerprint density at radius 2 is 2.25 bits per heavy atom. The molecular weight excluding hydrogens is 208 g/mol. The van der Waals surface area contributed by atoms with Crippen LogP contribution in [-0.2, 0) is 4.79 Å². The van der Waals surface area contributed by atoms with E-state index in [2.05, 4.69) is 10.3 Å². The number of pyridine rings is 1. The first-order chi connectivity index (χ1) is 7.52. The molecular formula is C11H16N2O3. The van der Waals surface area contributed by atoms with Gasteiger partial charge in [-0.3, -0.25) is 9.78 Å². The summed E-state index contributed by atoms with van der Waals surface area (Å²) < 4.78 is 0. The van der Waals surface area contributed by atoms with E-state index in [1.165, 1.54) is 6.92 Å². The number of aromatic nitrogens is 1. The molecule has 0 saturated carbocycles. The van der Waals surface area contributed by atoms with Crippen molar-refractivity contribution >= 4 is 5.91 Å². The van der Waals surface area contributed by atoms with Gasteiger partial charge in [0.15, 0.2) is 0 Å². The highest BCUT2D eigenvalue weighted by Crippen LogP contribution is 2.17. The highest BCUT2D eigenvalue weighted by atomic mass is 16.3. The summed E-state index contributed by atoms with van der Waals surface area (Å²) in [5.41, 5.74) is 1.23. The number of carbonyl (C=O) groups excluding carboxylic acids is 1. The Morgan fingerprint density at radius 1 is 1.56 bits per heavy atom. The Hall–Kier alpha value is -1.46. The van der Waals surface area contributed by atoms with Gasteiger partial charge in [0, 0.05) is 19.7 Å². The molecule has 5 nitrogen and oxygen atoms in total. The van der Waals surface area contributed by atoms with Crippen molar-refractivity contribution < 1.29 is 15.0 Å². The Labute approximate surface area is 94.1 Å². The Kier molecular flexibility index (Phi) is 4.39. The largest absolute Gasteiger partial charge is 0.388 e. The number of hydrogen-bond acceptors (Lipinski definition) is 4. The maximum atomic E-state index is 10.7. The summed E-state index contributed by atoms with van der Waals surface area (Å²) in [5.74, 6) is -0.246. The van der Waals surface area contributed by atoms with Crippen LogP contribution in [0.25, 0.3) is 0 Å². The van der Waals surface area contributed by atoms with E-state index < -0.39 is 12.2 Å². The standard InChI is InChI=1S/C11H16N2O3/c1-7-4-3-5-12-10(7)11(16)9(15)6-13-8(2)14/h3-5,9,11,15-16H,6H2,1-2H3,(H,13,14). The van der Waals surface area contributed by atoms with Crippen LogP contribution in [0.4, 0.5) is 0 Å². The van der Waals surface area contributed by atoms with E-state index in [4.69, 9.17) is 0 Å². The highest BCUT2D eigenvalue weighted by Gasteiger charge is 2.21. The van der Waals surface area contributed by atoms with Crippen molar-refractivity contribution in [3.63, 3.8) is 0 Å². The van der Waals surface area contributed by atoms with Crippen LogP contribution in [0.2, 0.25) is 0 Å². The minimum absolute atomic E-state index is 0.00646. The second kappa shape index (κ2) is 5.58. The van der Waals surface area contributed by atoms with Crippen molar-refractivity contribution in [1.29, 1.82) is 0 Å². The maximum absolute atomic E-state index is 10.7. The number of carbonyl (C=O) groups is 1. The number of aliphatic hydroxyl groups excluding tert-OH is 2. The molecule has 0 spiro atoms. The zero-order valence-corrected chi connectivity index (χ0v) is 9.34. The molecule has 5 heteroatoms. The molecule has 16 heavy (non-hydrogen) atoms. The monoisotopic (exact) mass is 224 g/mol. The topological polar surface area (TPSA) is 82.5 Å². The van der Waals surface area contributed by atoms with Gasteiger partial charge >= 0.3 is 0 Å². The summed E-state index contributed by atoms with van der Waals surface area (Å²) in [6, 6.07) is 3.56. The smallest absolute Gasteiger partial charge is 0.216 e. The van der Waals surface area contributed by atoms with Crippen LogP contribution < -0.4 is 5.32 Å². The van der Waals surface area contributed by atoms with Crippen LogP contribution in [0.1, 0.15) is 24.3 Å². The molecule has 88 valence electrons. The van der Waals surface area contributed by atoms with Crippen LogP contribution >= 0.6 is 0 Å². The fourth-order valence-corrected chi connectivity index (χ4v) is 1.35. The summed E-state index contributed by atoms with van der Waals surface area (Å²) in [6.07, 6.45) is -0.595. The lowest BCUT2D eigenvalue weighted by atomic mass is 10.1. The first kappa shape index (κ1) is 12.6. The number of rotatable bonds is 4. The predicted octanol–water partition coefficient (Wildman–Crippen LogP) is -0.0796. The van der Waals surface area contributed by atoms with E-state index in [9.17, 15) is 15.0 Å². The van der Waals surface area contributed by atoms with Gasteiger partial charge in [0.2, 0.25) is 5.91 Å². The number of nitrogens with one attached hydrogen (secondary N) is 1. The third kappa shape index (κ3) is 3.29. The van der Waals surface area contributed by atoms with Gasteiger partial charge in [-0.2, -0.15) is 0 Å². The lowest BCUT2D eigenvalue weighted by molar-refractivity contribution is -0.119. The van der Waals surface area contributed by atoms with E-state index in [-0.39, 0.29) is 12.5 Å². The van der Waals surface area contributed by atoms with Crippen molar-refractivity contribution in [3.8, 4) is 0 Å². The maximum Gasteiger partial charge on any atom is 0.216 e. The molecule has 0 bridgehead atoms. The van der Waals surface area contributed by atoms with Gasteiger partial charge in [-0.15, -0.1) is 0 Å². The van der Waals surface area contributed by atoms with Gasteiger partial charge in [0.1, 0.15) is 12.2 Å². The van der Waals surface area contributed by atoms with Crippen LogP contribution in [-0.4, -0.2) is 33.8 Å². The molecule has 0 radical (unpaired) electrons. The minimum atomic E-state index is -1.09. The molecule has 0 aromatic carbocycles. The van der Waals surface area contributed by atoms with Gasteiger partial charge < -0.3 is 15.5 Å². The number of hydrogen-bond donors (Lipinski definition) is 3. The van der Waals surface area contributed by atoms with E-state index in [0.29, 0.717) is 5.69 Å². The molecule has 3 N–H and O–H groups in total. The molecule has 2 unspecified atom stereocenters. The molecule has 1 aromatic rings. The second-order valence-electron chi connectivity index (χ2n) is 3.65. The summed E-state index contributed by atoms with van der Waals surface area (Å²) in [4.78, 5) is 14.7. The zero-order chi connectivity index (χ0) is 12.1. The molecule has 1 rings (SSSR count). The molecule has 0 aliphatic rings. The lowest BCUT2D eigenvalue weighted by Gasteiger charge is -2.18. The van der Waals surface area contributed by atoms with Gasteiger partial charge in [-0.1, -0.05) is 6.07 Å². The summed E-state index contributed by atoms with van der Waals surface area (Å²) in [6.45, 7) is 3.16.